The van der Waals surface area contributed by atoms with Crippen LogP contribution < -0.4 is 10.1 Å². The number of ether oxygens (including phenoxy) is 3. The Kier molecular flexibility index (Phi) is 8.08. The number of carbonyl (C=O) groups excluding carboxylic acids is 3. The predicted octanol–water partition coefficient (Wildman–Crippen LogP) is 3.60. The summed E-state index contributed by atoms with van der Waals surface area (Å²) in [5.41, 5.74) is -0.0332. The van der Waals surface area contributed by atoms with E-state index in [1.165, 1.54) is 6.92 Å². The van der Waals surface area contributed by atoms with Crippen LogP contribution in [0.4, 0.5) is 10.5 Å². The molecule has 0 bridgehead atoms. The standard InChI is InChI=1S/C22H32N2O6/c1-6-28-18-10-8-7-9-17(18)23-19(25)15(2)29-20(26)16-11-13-24(14-12-16)21(27)30-22(3,4)5/h7-10,15-16H,6,11-14H2,1-5H3,(H,23,25)/t15-/m0/s1. The third-order valence-electron chi connectivity index (χ3n) is 4.59. The van der Waals surface area contributed by atoms with Crippen molar-refractivity contribution in [3.63, 3.8) is 0 Å². The van der Waals surface area contributed by atoms with Crippen LogP contribution in [0.25, 0.3) is 0 Å². The van der Waals surface area contributed by atoms with Crippen molar-refractivity contribution in [2.75, 3.05) is 25.0 Å². The van der Waals surface area contributed by atoms with Gasteiger partial charge in [0.05, 0.1) is 18.2 Å². The first-order chi connectivity index (χ1) is 14.1. The Bertz CT molecular complexity index is 750. The molecular formula is C22H32N2O6. The third-order valence-corrected chi connectivity index (χ3v) is 4.59. The average molecular weight is 421 g/mol. The van der Waals surface area contributed by atoms with Gasteiger partial charge in [0.15, 0.2) is 6.10 Å². The molecule has 1 aliphatic rings. The molecule has 0 aliphatic carbocycles. The summed E-state index contributed by atoms with van der Waals surface area (Å²) in [7, 11) is 0. The summed E-state index contributed by atoms with van der Waals surface area (Å²) in [4.78, 5) is 38.6. The Labute approximate surface area is 177 Å². The van der Waals surface area contributed by atoms with E-state index < -0.39 is 23.6 Å². The number of carbonyl (C=O) groups is 3. The van der Waals surface area contributed by atoms with Crippen molar-refractivity contribution in [3.05, 3.63) is 24.3 Å². The molecule has 8 heteroatoms. The lowest BCUT2D eigenvalue weighted by atomic mass is 9.97. The second-order valence-corrected chi connectivity index (χ2v) is 8.24. The van der Waals surface area contributed by atoms with Crippen molar-refractivity contribution in [1.29, 1.82) is 0 Å². The van der Waals surface area contributed by atoms with Gasteiger partial charge in [0, 0.05) is 13.1 Å². The summed E-state index contributed by atoms with van der Waals surface area (Å²) in [6.45, 7) is 10.1. The van der Waals surface area contributed by atoms with E-state index in [-0.39, 0.29) is 12.0 Å². The number of nitrogens with one attached hydrogen (secondary N) is 1. The van der Waals surface area contributed by atoms with E-state index in [1.807, 2.05) is 33.8 Å². The van der Waals surface area contributed by atoms with Gasteiger partial charge < -0.3 is 24.4 Å². The van der Waals surface area contributed by atoms with Crippen LogP contribution in [0, 0.1) is 5.92 Å². The van der Waals surface area contributed by atoms with Crippen LogP contribution in [0.2, 0.25) is 0 Å². The number of hydrogen-bond acceptors (Lipinski definition) is 6. The molecule has 8 nitrogen and oxygen atoms in total. The fraction of sp³-hybridized carbons (Fsp3) is 0.591. The minimum atomic E-state index is -0.948. The number of hydrogen-bond donors (Lipinski definition) is 1. The minimum Gasteiger partial charge on any atom is -0.492 e. The molecule has 1 aromatic rings. The fourth-order valence-electron chi connectivity index (χ4n) is 3.03. The van der Waals surface area contributed by atoms with E-state index >= 15 is 0 Å². The van der Waals surface area contributed by atoms with Gasteiger partial charge >= 0.3 is 12.1 Å². The number of benzene rings is 1. The van der Waals surface area contributed by atoms with Crippen LogP contribution in [0.3, 0.4) is 0 Å². The van der Waals surface area contributed by atoms with E-state index in [4.69, 9.17) is 14.2 Å². The molecule has 0 spiro atoms. The van der Waals surface area contributed by atoms with Crippen molar-refractivity contribution in [1.82, 2.24) is 4.90 Å². The van der Waals surface area contributed by atoms with Gasteiger partial charge in [-0.2, -0.15) is 0 Å². The average Bonchev–Trinajstić information content (AvgIpc) is 2.68. The number of amides is 2. The fourth-order valence-corrected chi connectivity index (χ4v) is 3.03. The zero-order chi connectivity index (χ0) is 22.3. The predicted molar refractivity (Wildman–Crippen MR) is 112 cm³/mol. The number of nitrogens with zero attached hydrogens (tertiary/aromatic N) is 1. The van der Waals surface area contributed by atoms with Crippen molar-refractivity contribution in [2.24, 2.45) is 5.92 Å². The molecule has 0 aromatic heterocycles. The normalized spacial score (nSPS) is 15.8. The number of likely N-dealkylation sites (tertiary alicyclic amines) is 1. The monoisotopic (exact) mass is 420 g/mol. The lowest BCUT2D eigenvalue weighted by Crippen LogP contribution is -2.43. The molecule has 1 fully saturated rings. The molecule has 1 heterocycles. The van der Waals surface area contributed by atoms with Gasteiger partial charge in [0.2, 0.25) is 0 Å². The number of esters is 1. The number of para-hydroxylation sites is 2. The first-order valence-corrected chi connectivity index (χ1v) is 10.3. The van der Waals surface area contributed by atoms with E-state index in [9.17, 15) is 14.4 Å². The van der Waals surface area contributed by atoms with Gasteiger partial charge in [0.1, 0.15) is 11.4 Å². The minimum absolute atomic E-state index is 0.352. The molecule has 1 N–H and O–H groups in total. The lowest BCUT2D eigenvalue weighted by molar-refractivity contribution is -0.158. The van der Waals surface area contributed by atoms with Gasteiger partial charge in [-0.25, -0.2) is 4.79 Å². The van der Waals surface area contributed by atoms with Crippen LogP contribution in [-0.4, -0.2) is 54.3 Å². The molecule has 166 valence electrons. The second-order valence-electron chi connectivity index (χ2n) is 8.24. The number of rotatable bonds is 6. The molecule has 0 saturated carbocycles. The lowest BCUT2D eigenvalue weighted by Gasteiger charge is -2.32. The van der Waals surface area contributed by atoms with Crippen molar-refractivity contribution >= 4 is 23.7 Å². The van der Waals surface area contributed by atoms with Gasteiger partial charge in [-0.15, -0.1) is 0 Å². The Balaban J connectivity index is 1.83. The highest BCUT2D eigenvalue weighted by Crippen LogP contribution is 2.25. The molecule has 1 saturated heterocycles. The van der Waals surface area contributed by atoms with Gasteiger partial charge in [-0.05, 0) is 59.6 Å². The zero-order valence-corrected chi connectivity index (χ0v) is 18.4. The molecule has 1 aromatic carbocycles. The first kappa shape index (κ1) is 23.5. The summed E-state index contributed by atoms with van der Waals surface area (Å²) >= 11 is 0. The number of piperidine rings is 1. The highest BCUT2D eigenvalue weighted by molar-refractivity contribution is 5.96. The van der Waals surface area contributed by atoms with E-state index in [1.54, 1.807) is 23.1 Å². The van der Waals surface area contributed by atoms with Crippen LogP contribution in [-0.2, 0) is 19.1 Å². The van der Waals surface area contributed by atoms with E-state index in [0.29, 0.717) is 44.0 Å². The van der Waals surface area contributed by atoms with Gasteiger partial charge in [-0.1, -0.05) is 12.1 Å². The smallest absolute Gasteiger partial charge is 0.410 e. The quantitative estimate of drug-likeness (QED) is 0.707. The van der Waals surface area contributed by atoms with Crippen LogP contribution in [0.5, 0.6) is 5.75 Å². The van der Waals surface area contributed by atoms with Crippen LogP contribution in [0.1, 0.15) is 47.5 Å². The molecule has 0 unspecified atom stereocenters. The molecule has 1 atom stereocenters. The Morgan fingerprint density at radius 3 is 2.40 bits per heavy atom. The largest absolute Gasteiger partial charge is 0.492 e. The van der Waals surface area contributed by atoms with Crippen molar-refractivity contribution in [3.8, 4) is 5.75 Å². The van der Waals surface area contributed by atoms with Crippen molar-refractivity contribution < 1.29 is 28.6 Å². The Hall–Kier alpha value is -2.77. The summed E-state index contributed by atoms with van der Waals surface area (Å²) in [6, 6.07) is 7.08. The maximum Gasteiger partial charge on any atom is 0.410 e. The molecule has 0 radical (unpaired) electrons. The Morgan fingerprint density at radius 2 is 1.80 bits per heavy atom. The second kappa shape index (κ2) is 10.3. The van der Waals surface area contributed by atoms with Gasteiger partial charge in [-0.3, -0.25) is 9.59 Å². The highest BCUT2D eigenvalue weighted by Gasteiger charge is 2.32. The highest BCUT2D eigenvalue weighted by atomic mass is 16.6. The summed E-state index contributed by atoms with van der Waals surface area (Å²) in [5, 5.41) is 2.74. The van der Waals surface area contributed by atoms with E-state index in [2.05, 4.69) is 5.32 Å². The SMILES string of the molecule is CCOc1ccccc1NC(=O)[C@H](C)OC(=O)C1CCN(C(=O)OC(C)(C)C)CC1. The van der Waals surface area contributed by atoms with Crippen LogP contribution >= 0.6 is 0 Å². The summed E-state index contributed by atoms with van der Waals surface area (Å²) < 4.78 is 16.2. The molecule has 2 amide bonds. The number of anilines is 1. The maximum atomic E-state index is 12.5. The summed E-state index contributed by atoms with van der Waals surface area (Å²) in [6.07, 6.45) is -0.384. The molecule has 2 rings (SSSR count). The maximum absolute atomic E-state index is 12.5. The first-order valence-electron chi connectivity index (χ1n) is 10.3. The Morgan fingerprint density at radius 1 is 1.17 bits per heavy atom. The molecule has 30 heavy (non-hydrogen) atoms. The van der Waals surface area contributed by atoms with Crippen molar-refractivity contribution in [2.45, 2.75) is 59.2 Å². The van der Waals surface area contributed by atoms with E-state index in [0.717, 1.165) is 0 Å². The third kappa shape index (κ3) is 6.93. The molecule has 1 aliphatic heterocycles. The topological polar surface area (TPSA) is 94.2 Å². The van der Waals surface area contributed by atoms with Crippen LogP contribution in [0.15, 0.2) is 24.3 Å². The molecular weight excluding hydrogens is 388 g/mol. The zero-order valence-electron chi connectivity index (χ0n) is 18.4. The van der Waals surface area contributed by atoms with Gasteiger partial charge in [0.25, 0.3) is 5.91 Å². The summed E-state index contributed by atoms with van der Waals surface area (Å²) in [5.74, 6) is -0.655.